The Morgan fingerprint density at radius 2 is 1.17 bits per heavy atom. The van der Waals surface area contributed by atoms with E-state index in [9.17, 15) is 28.8 Å². The van der Waals surface area contributed by atoms with Gasteiger partial charge in [-0.15, -0.1) is 0 Å². The summed E-state index contributed by atoms with van der Waals surface area (Å²) >= 11 is 0. The number of aliphatic carboxylic acids is 1. The Labute approximate surface area is 350 Å². The minimum Gasteiger partial charge on any atom is -0.494 e. The first kappa shape index (κ1) is 52.9. The molecule has 0 saturated heterocycles. The number of carboxylic acid groups (broad SMARTS) is 1. The number of carbonyl (C=O) groups excluding carboxylic acids is 5. The predicted octanol–water partition coefficient (Wildman–Crippen LogP) is 5.36. The molecule has 3 N–H and O–H groups in total. The smallest absolute Gasteiger partial charge is 0.338 e. The summed E-state index contributed by atoms with van der Waals surface area (Å²) in [7, 11) is 0. The fourth-order valence-electron chi connectivity index (χ4n) is 5.25. The first-order chi connectivity index (χ1) is 27.9. The number of amides is 2. The van der Waals surface area contributed by atoms with Crippen LogP contribution < -0.4 is 15.4 Å². The number of esters is 2. The lowest BCUT2D eigenvalue weighted by Crippen LogP contribution is -2.44. The molecule has 0 aliphatic heterocycles. The molecule has 0 radical (unpaired) electrons. The maximum Gasteiger partial charge on any atom is 0.338 e. The van der Waals surface area contributed by atoms with Crippen LogP contribution in [0.4, 0.5) is 0 Å². The van der Waals surface area contributed by atoms with Crippen molar-refractivity contribution in [2.45, 2.75) is 136 Å². The normalized spacial score (nSPS) is 12.0. The van der Waals surface area contributed by atoms with E-state index in [1.165, 1.54) is 0 Å². The van der Waals surface area contributed by atoms with Crippen molar-refractivity contribution in [3.63, 3.8) is 0 Å². The van der Waals surface area contributed by atoms with Gasteiger partial charge < -0.3 is 48.9 Å². The molecule has 0 spiro atoms. The van der Waals surface area contributed by atoms with Crippen LogP contribution in [0, 0.1) is 0 Å². The Kier molecular flexibility index (Phi) is 27.7. The molecule has 1 rings (SSSR count). The number of unbranched alkanes of at least 4 members (excludes halogenated alkanes) is 6. The number of hydrogen-bond donors (Lipinski definition) is 3. The van der Waals surface area contributed by atoms with E-state index in [0.29, 0.717) is 37.4 Å². The zero-order chi connectivity index (χ0) is 43.9. The Bertz CT molecular complexity index is 1370. The maximum absolute atomic E-state index is 12.9. The third-order valence-electron chi connectivity index (χ3n) is 8.06. The van der Waals surface area contributed by atoms with Crippen LogP contribution in [-0.2, 0) is 52.4 Å². The number of rotatable bonds is 34. The molecule has 0 saturated carbocycles. The van der Waals surface area contributed by atoms with E-state index in [-0.39, 0.29) is 102 Å². The third kappa shape index (κ3) is 31.5. The summed E-state index contributed by atoms with van der Waals surface area (Å²) in [6, 6.07) is 6.04. The molecule has 1 atom stereocenters. The SMILES string of the molecule is CC(C)(C)OC(=O)c1ccc(OCCCCCCCCCC(=O)N[C@@H](CCC(=O)CCCOCCOCC(=O)NCCOCCOCC(=O)O)C(=O)OC(C)(C)C)cc1. The maximum atomic E-state index is 12.9. The van der Waals surface area contributed by atoms with Gasteiger partial charge in [-0.05, 0) is 91.5 Å². The van der Waals surface area contributed by atoms with E-state index < -0.39 is 29.2 Å². The highest BCUT2D eigenvalue weighted by Crippen LogP contribution is 2.17. The summed E-state index contributed by atoms with van der Waals surface area (Å²) in [5.41, 5.74) is -0.802. The molecule has 0 aliphatic carbocycles. The van der Waals surface area contributed by atoms with Gasteiger partial charge in [-0.25, -0.2) is 14.4 Å². The molecule has 0 unspecified atom stereocenters. The molecule has 0 aliphatic rings. The summed E-state index contributed by atoms with van der Waals surface area (Å²) in [6.07, 6.45) is 7.88. The molecule has 1 aromatic rings. The highest BCUT2D eigenvalue weighted by molar-refractivity contribution is 5.89. The Morgan fingerprint density at radius 3 is 1.80 bits per heavy atom. The number of carboxylic acids is 1. The molecule has 2 amide bonds. The van der Waals surface area contributed by atoms with Gasteiger partial charge in [0.05, 0.1) is 45.2 Å². The van der Waals surface area contributed by atoms with Crippen molar-refractivity contribution in [1.29, 1.82) is 0 Å². The second-order valence-corrected chi connectivity index (χ2v) is 16.0. The van der Waals surface area contributed by atoms with Gasteiger partial charge in [-0.2, -0.15) is 0 Å². The van der Waals surface area contributed by atoms with Gasteiger partial charge in [0.15, 0.2) is 0 Å². The number of ketones is 1. The molecular weight excluding hydrogens is 768 g/mol. The van der Waals surface area contributed by atoms with E-state index in [1.54, 1.807) is 45.0 Å². The lowest BCUT2D eigenvalue weighted by molar-refractivity contribution is -0.159. The zero-order valence-electron chi connectivity index (χ0n) is 36.2. The van der Waals surface area contributed by atoms with Crippen LogP contribution in [-0.4, -0.2) is 124 Å². The molecule has 0 fully saturated rings. The highest BCUT2D eigenvalue weighted by atomic mass is 16.6. The van der Waals surface area contributed by atoms with E-state index in [2.05, 4.69) is 10.6 Å². The Morgan fingerprint density at radius 1 is 0.593 bits per heavy atom. The molecule has 16 heteroatoms. The largest absolute Gasteiger partial charge is 0.494 e. The van der Waals surface area contributed by atoms with Crippen molar-refractivity contribution in [2.24, 2.45) is 0 Å². The standard InChI is InChI=1S/C43H70N2O14/c1-42(2,3)58-40(51)33-17-20-35(21-18-33)57-25-13-11-9-7-8-10-12-16-37(47)45-36(41(52)59-43(4,5)6)22-19-34(46)15-14-24-53-27-29-55-31-38(48)44-23-26-54-28-30-56-32-39(49)50/h17-18,20-21,36H,7-16,19,22-32H2,1-6H3,(H,44,48)(H,45,47)(H,49,50)/t36-/m0/s1. The Balaban J connectivity index is 2.17. The van der Waals surface area contributed by atoms with Crippen LogP contribution in [0.3, 0.4) is 0 Å². The number of ether oxygens (including phenoxy) is 7. The highest BCUT2D eigenvalue weighted by Gasteiger charge is 2.27. The van der Waals surface area contributed by atoms with Crippen molar-refractivity contribution in [2.75, 3.05) is 66.0 Å². The second-order valence-electron chi connectivity index (χ2n) is 16.0. The van der Waals surface area contributed by atoms with Gasteiger partial charge in [0, 0.05) is 32.4 Å². The average Bonchev–Trinajstić information content (AvgIpc) is 3.14. The zero-order valence-corrected chi connectivity index (χ0v) is 36.2. The fourth-order valence-corrected chi connectivity index (χ4v) is 5.25. The van der Waals surface area contributed by atoms with Gasteiger partial charge in [0.1, 0.15) is 42.0 Å². The summed E-state index contributed by atoms with van der Waals surface area (Å²) in [4.78, 5) is 72.5. The quantitative estimate of drug-likeness (QED) is 0.0589. The first-order valence-electron chi connectivity index (χ1n) is 20.7. The van der Waals surface area contributed by atoms with Crippen molar-refractivity contribution >= 4 is 35.5 Å². The Hall–Kier alpha value is -4.12. The van der Waals surface area contributed by atoms with Crippen molar-refractivity contribution in [1.82, 2.24) is 10.6 Å². The topological polar surface area (TPSA) is 211 Å². The average molecular weight is 839 g/mol. The number of Topliss-reactive ketones (excluding diaryl/α,β-unsaturated/α-hetero) is 1. The van der Waals surface area contributed by atoms with Crippen molar-refractivity contribution < 1.29 is 67.0 Å². The van der Waals surface area contributed by atoms with Crippen LogP contribution in [0.15, 0.2) is 24.3 Å². The summed E-state index contributed by atoms with van der Waals surface area (Å²) in [5.74, 6) is -1.88. The van der Waals surface area contributed by atoms with Gasteiger partial charge >= 0.3 is 17.9 Å². The first-order valence-corrected chi connectivity index (χ1v) is 20.7. The number of nitrogens with one attached hydrogen (secondary N) is 2. The van der Waals surface area contributed by atoms with Crippen LogP contribution >= 0.6 is 0 Å². The third-order valence-corrected chi connectivity index (χ3v) is 8.06. The minimum absolute atomic E-state index is 0.0541. The minimum atomic E-state index is -1.05. The van der Waals surface area contributed by atoms with Crippen molar-refractivity contribution in [3.05, 3.63) is 29.8 Å². The van der Waals surface area contributed by atoms with Gasteiger partial charge in [-0.1, -0.05) is 32.1 Å². The summed E-state index contributed by atoms with van der Waals surface area (Å²) in [5, 5.41) is 13.9. The number of benzene rings is 1. The van der Waals surface area contributed by atoms with E-state index in [1.807, 2.05) is 20.8 Å². The lowest BCUT2D eigenvalue weighted by Gasteiger charge is -2.24. The molecule has 59 heavy (non-hydrogen) atoms. The van der Waals surface area contributed by atoms with Gasteiger partial charge in [0.2, 0.25) is 11.8 Å². The van der Waals surface area contributed by atoms with Crippen LogP contribution in [0.5, 0.6) is 5.75 Å². The predicted molar refractivity (Wildman–Crippen MR) is 219 cm³/mol. The van der Waals surface area contributed by atoms with Crippen LogP contribution in [0.25, 0.3) is 0 Å². The van der Waals surface area contributed by atoms with Gasteiger partial charge in [0.25, 0.3) is 0 Å². The molecule has 16 nitrogen and oxygen atoms in total. The van der Waals surface area contributed by atoms with E-state index >= 15 is 0 Å². The van der Waals surface area contributed by atoms with Gasteiger partial charge in [-0.3, -0.25) is 14.4 Å². The fraction of sp³-hybridized carbons (Fsp3) is 0.721. The lowest BCUT2D eigenvalue weighted by atomic mass is 10.0. The molecular formula is C43H70N2O14. The van der Waals surface area contributed by atoms with Crippen molar-refractivity contribution in [3.8, 4) is 5.75 Å². The summed E-state index contributed by atoms with van der Waals surface area (Å²) in [6.45, 7) is 12.5. The summed E-state index contributed by atoms with van der Waals surface area (Å²) < 4.78 is 37.5. The molecule has 0 bridgehead atoms. The molecule has 336 valence electrons. The molecule has 0 aromatic heterocycles. The number of hydrogen-bond acceptors (Lipinski definition) is 13. The van der Waals surface area contributed by atoms with E-state index in [4.69, 9.17) is 38.3 Å². The van der Waals surface area contributed by atoms with Crippen LogP contribution in [0.1, 0.15) is 129 Å². The van der Waals surface area contributed by atoms with Crippen LogP contribution in [0.2, 0.25) is 0 Å². The molecule has 1 aromatic carbocycles. The molecule has 0 heterocycles. The van der Waals surface area contributed by atoms with E-state index in [0.717, 1.165) is 38.5 Å². The number of carbonyl (C=O) groups is 6. The second kappa shape index (κ2) is 30.9. The monoisotopic (exact) mass is 838 g/mol.